The van der Waals surface area contributed by atoms with Crippen LogP contribution < -0.4 is 14.8 Å². The first-order valence-electron chi connectivity index (χ1n) is 12.1. The van der Waals surface area contributed by atoms with Crippen molar-refractivity contribution in [3.05, 3.63) is 72.2 Å². The summed E-state index contributed by atoms with van der Waals surface area (Å²) in [6, 6.07) is 14.0. The van der Waals surface area contributed by atoms with Gasteiger partial charge in [-0.15, -0.1) is 0 Å². The molecule has 0 saturated carbocycles. The van der Waals surface area contributed by atoms with Gasteiger partial charge in [0.1, 0.15) is 34.2 Å². The summed E-state index contributed by atoms with van der Waals surface area (Å²) in [7, 11) is 1.28. The summed E-state index contributed by atoms with van der Waals surface area (Å²) >= 11 is 0. The van der Waals surface area contributed by atoms with Crippen molar-refractivity contribution in [1.82, 2.24) is 9.88 Å². The highest BCUT2D eigenvalue weighted by Crippen LogP contribution is 2.30. The number of anilines is 1. The fraction of sp³-hybridized carbons (Fsp3) is 0.321. The number of aromatic nitrogens is 1. The number of carbonyl (C=O) groups excluding carboxylic acids is 2. The third-order valence-electron chi connectivity index (χ3n) is 5.54. The van der Waals surface area contributed by atoms with Gasteiger partial charge in [-0.3, -0.25) is 0 Å². The molecule has 0 bridgehead atoms. The van der Waals surface area contributed by atoms with E-state index in [1.54, 1.807) is 53.6 Å². The Bertz CT molecular complexity index is 1290. The lowest BCUT2D eigenvalue weighted by atomic mass is 10.2. The van der Waals surface area contributed by atoms with Gasteiger partial charge < -0.3 is 29.2 Å². The molecule has 38 heavy (non-hydrogen) atoms. The number of benzene rings is 2. The molecule has 10 heteroatoms. The predicted octanol–water partition coefficient (Wildman–Crippen LogP) is 6.01. The Morgan fingerprint density at radius 1 is 1.03 bits per heavy atom. The molecule has 1 saturated heterocycles. The van der Waals surface area contributed by atoms with Gasteiger partial charge in [0.05, 0.1) is 19.0 Å². The molecule has 0 spiro atoms. The molecule has 2 aromatic carbocycles. The topological polar surface area (TPSA) is 99.2 Å². The van der Waals surface area contributed by atoms with Crippen LogP contribution in [0.2, 0.25) is 0 Å². The Hall–Kier alpha value is -4.34. The molecule has 200 valence electrons. The zero-order chi connectivity index (χ0) is 27.3. The number of hydrogen-bond donors (Lipinski definition) is 1. The Labute approximate surface area is 220 Å². The van der Waals surface area contributed by atoms with Crippen molar-refractivity contribution >= 4 is 17.7 Å². The summed E-state index contributed by atoms with van der Waals surface area (Å²) in [5.74, 6) is 0.342. The third-order valence-corrected chi connectivity index (χ3v) is 5.54. The van der Waals surface area contributed by atoms with E-state index in [1.165, 1.54) is 19.2 Å². The van der Waals surface area contributed by atoms with Gasteiger partial charge in [0.15, 0.2) is 0 Å². The van der Waals surface area contributed by atoms with Crippen LogP contribution in [0.25, 0.3) is 0 Å². The summed E-state index contributed by atoms with van der Waals surface area (Å²) in [5, 5.41) is 3.32. The number of hydrogen-bond acceptors (Lipinski definition) is 8. The molecule has 9 nitrogen and oxygen atoms in total. The SMILES string of the molecule is COC(=O)c1cc(NC2CCN(C(=O)OC(C)(C)C)C2)cnc1Oc1ccc(Oc2cccc(F)c2)cc1. The molecule has 4 rings (SSSR count). The second-order valence-corrected chi connectivity index (χ2v) is 9.76. The van der Waals surface area contributed by atoms with E-state index in [0.29, 0.717) is 36.0 Å². The maximum absolute atomic E-state index is 13.4. The number of esters is 1. The molecule has 1 fully saturated rings. The summed E-state index contributed by atoms with van der Waals surface area (Å²) in [4.78, 5) is 30.8. The highest BCUT2D eigenvalue weighted by molar-refractivity contribution is 5.93. The molecular formula is C28H30FN3O6. The standard InChI is InChI=1S/C28H30FN3O6/c1-28(2,3)38-27(34)32-13-12-19(17-32)31-20-15-24(26(33)35-4)25(30-16-20)37-22-10-8-21(9-11-22)36-23-7-5-6-18(29)14-23/h5-11,14-16,19,31H,12-13,17H2,1-4H3. The van der Waals surface area contributed by atoms with Crippen molar-refractivity contribution in [3.63, 3.8) is 0 Å². The fourth-order valence-electron chi connectivity index (χ4n) is 3.83. The predicted molar refractivity (Wildman–Crippen MR) is 138 cm³/mol. The second kappa shape index (κ2) is 11.4. The zero-order valence-electron chi connectivity index (χ0n) is 21.7. The largest absolute Gasteiger partial charge is 0.465 e. The third kappa shape index (κ3) is 7.12. The molecule has 1 unspecified atom stereocenters. The first-order valence-corrected chi connectivity index (χ1v) is 12.1. The normalized spacial score (nSPS) is 15.1. The summed E-state index contributed by atoms with van der Waals surface area (Å²) in [5.41, 5.74) is 0.166. The minimum Gasteiger partial charge on any atom is -0.465 e. The van der Waals surface area contributed by atoms with Crippen LogP contribution in [0.1, 0.15) is 37.6 Å². The number of rotatable bonds is 7. The number of likely N-dealkylation sites (tertiary alicyclic amines) is 1. The number of nitrogens with zero attached hydrogens (tertiary/aromatic N) is 2. The molecule has 1 aliphatic heterocycles. The maximum Gasteiger partial charge on any atom is 0.410 e. The van der Waals surface area contributed by atoms with E-state index in [2.05, 4.69) is 10.3 Å². The summed E-state index contributed by atoms with van der Waals surface area (Å²) < 4.78 is 35.2. The van der Waals surface area contributed by atoms with Crippen LogP contribution in [0.4, 0.5) is 14.9 Å². The van der Waals surface area contributed by atoms with Gasteiger partial charge >= 0.3 is 12.1 Å². The number of amides is 1. The maximum atomic E-state index is 13.4. The number of nitrogens with one attached hydrogen (secondary N) is 1. The van der Waals surface area contributed by atoms with E-state index in [-0.39, 0.29) is 23.6 Å². The van der Waals surface area contributed by atoms with E-state index >= 15 is 0 Å². The Kier molecular flexibility index (Phi) is 7.99. The minimum absolute atomic E-state index is 0.0350. The van der Waals surface area contributed by atoms with Crippen molar-refractivity contribution in [3.8, 4) is 23.1 Å². The Morgan fingerprint density at radius 3 is 2.39 bits per heavy atom. The van der Waals surface area contributed by atoms with E-state index < -0.39 is 17.4 Å². The number of methoxy groups -OCH3 is 1. The Morgan fingerprint density at radius 2 is 1.74 bits per heavy atom. The van der Waals surface area contributed by atoms with Crippen molar-refractivity contribution in [2.45, 2.75) is 38.8 Å². The lowest BCUT2D eigenvalue weighted by Crippen LogP contribution is -2.36. The first kappa shape index (κ1) is 26.7. The molecule has 1 N–H and O–H groups in total. The van der Waals surface area contributed by atoms with Crippen LogP contribution in [-0.4, -0.2) is 53.8 Å². The van der Waals surface area contributed by atoms with Crippen molar-refractivity contribution in [2.24, 2.45) is 0 Å². The fourth-order valence-corrected chi connectivity index (χ4v) is 3.83. The lowest BCUT2D eigenvalue weighted by molar-refractivity contribution is 0.0293. The molecule has 3 aromatic rings. The molecule has 0 aliphatic carbocycles. The Balaban J connectivity index is 1.42. The van der Waals surface area contributed by atoms with Crippen LogP contribution in [0.15, 0.2) is 60.8 Å². The van der Waals surface area contributed by atoms with E-state index in [0.717, 1.165) is 6.42 Å². The molecule has 0 radical (unpaired) electrons. The zero-order valence-corrected chi connectivity index (χ0v) is 21.7. The summed E-state index contributed by atoms with van der Waals surface area (Å²) in [6.45, 7) is 6.51. The molecule has 1 amide bonds. The van der Waals surface area contributed by atoms with Crippen molar-refractivity contribution in [2.75, 3.05) is 25.5 Å². The van der Waals surface area contributed by atoms with Crippen molar-refractivity contribution in [1.29, 1.82) is 0 Å². The van der Waals surface area contributed by atoms with Crippen LogP contribution in [-0.2, 0) is 9.47 Å². The highest BCUT2D eigenvalue weighted by Gasteiger charge is 2.30. The van der Waals surface area contributed by atoms with Crippen LogP contribution in [0.3, 0.4) is 0 Å². The van der Waals surface area contributed by atoms with Gasteiger partial charge in [0, 0.05) is 25.2 Å². The van der Waals surface area contributed by atoms with Gasteiger partial charge in [-0.25, -0.2) is 19.0 Å². The van der Waals surface area contributed by atoms with E-state index in [4.69, 9.17) is 18.9 Å². The van der Waals surface area contributed by atoms with Crippen LogP contribution in [0.5, 0.6) is 23.1 Å². The average Bonchev–Trinajstić information content (AvgIpc) is 3.33. The van der Waals surface area contributed by atoms with E-state index in [1.807, 2.05) is 20.8 Å². The monoisotopic (exact) mass is 523 g/mol. The van der Waals surface area contributed by atoms with Crippen LogP contribution >= 0.6 is 0 Å². The number of carbonyl (C=O) groups is 2. The quantitative estimate of drug-likeness (QED) is 0.376. The molecular weight excluding hydrogens is 493 g/mol. The average molecular weight is 524 g/mol. The molecule has 1 aromatic heterocycles. The van der Waals surface area contributed by atoms with E-state index in [9.17, 15) is 14.0 Å². The number of halogens is 1. The number of pyridine rings is 1. The smallest absolute Gasteiger partial charge is 0.410 e. The van der Waals surface area contributed by atoms with Crippen LogP contribution in [0, 0.1) is 5.82 Å². The number of ether oxygens (including phenoxy) is 4. The molecule has 1 aliphatic rings. The molecule has 2 heterocycles. The van der Waals surface area contributed by atoms with Gasteiger partial charge in [-0.1, -0.05) is 6.07 Å². The van der Waals surface area contributed by atoms with Gasteiger partial charge in [-0.2, -0.15) is 0 Å². The van der Waals surface area contributed by atoms with Gasteiger partial charge in [0.25, 0.3) is 0 Å². The lowest BCUT2D eigenvalue weighted by Gasteiger charge is -2.24. The summed E-state index contributed by atoms with van der Waals surface area (Å²) in [6.07, 6.45) is 1.92. The first-order chi connectivity index (χ1) is 18.1. The highest BCUT2D eigenvalue weighted by atomic mass is 19.1. The second-order valence-electron chi connectivity index (χ2n) is 9.76. The minimum atomic E-state index is -0.607. The molecule has 1 atom stereocenters. The van der Waals surface area contributed by atoms with Gasteiger partial charge in [0.2, 0.25) is 5.88 Å². The van der Waals surface area contributed by atoms with Crippen molar-refractivity contribution < 1.29 is 32.9 Å². The van der Waals surface area contributed by atoms with Gasteiger partial charge in [-0.05, 0) is 69.7 Å².